The summed E-state index contributed by atoms with van der Waals surface area (Å²) in [4.78, 5) is 20.4. The number of hydrogen-bond acceptors (Lipinski definition) is 3. The molecular formula is C5H9FN2O3. The lowest BCUT2D eigenvalue weighted by Crippen LogP contribution is -2.35. The predicted octanol–water partition coefficient (Wildman–Crippen LogP) is -0.705. The van der Waals surface area contributed by atoms with Gasteiger partial charge < -0.3 is 16.2 Å². The van der Waals surface area contributed by atoms with Crippen LogP contribution in [-0.2, 0) is 9.53 Å². The van der Waals surface area contributed by atoms with Crippen molar-refractivity contribution in [2.75, 3.05) is 6.67 Å². The number of alkyl halides is 1. The number of halogens is 1. The van der Waals surface area contributed by atoms with Crippen molar-refractivity contribution in [3.63, 3.8) is 0 Å². The Hall–Kier alpha value is -1.33. The van der Waals surface area contributed by atoms with Crippen molar-refractivity contribution < 1.29 is 18.7 Å². The Labute approximate surface area is 62.5 Å². The third kappa shape index (κ3) is 4.12. The molecule has 11 heavy (non-hydrogen) atoms. The van der Waals surface area contributed by atoms with Crippen molar-refractivity contribution in [1.29, 1.82) is 0 Å². The van der Waals surface area contributed by atoms with Gasteiger partial charge in [-0.1, -0.05) is 0 Å². The fourth-order valence-corrected chi connectivity index (χ4v) is 0.499. The summed E-state index contributed by atoms with van der Waals surface area (Å²) in [6.45, 7) is -0.791. The number of amides is 2. The molecule has 0 heterocycles. The molecule has 0 radical (unpaired) electrons. The van der Waals surface area contributed by atoms with Crippen molar-refractivity contribution in [3.8, 4) is 0 Å². The van der Waals surface area contributed by atoms with Crippen molar-refractivity contribution in [2.45, 2.75) is 12.5 Å². The largest absolute Gasteiger partial charge is 0.436 e. The zero-order chi connectivity index (χ0) is 8.85. The lowest BCUT2D eigenvalue weighted by Gasteiger charge is -2.09. The van der Waals surface area contributed by atoms with E-state index in [2.05, 4.69) is 10.5 Å². The van der Waals surface area contributed by atoms with Gasteiger partial charge in [-0.25, -0.2) is 4.79 Å². The van der Waals surface area contributed by atoms with Gasteiger partial charge in [-0.2, -0.15) is 0 Å². The lowest BCUT2D eigenvalue weighted by molar-refractivity contribution is -0.126. The number of nitrogens with two attached hydrogens (primary N) is 2. The first kappa shape index (κ1) is 9.67. The molecule has 0 aliphatic rings. The third-order valence-corrected chi connectivity index (χ3v) is 0.947. The molecule has 1 atom stereocenters. The van der Waals surface area contributed by atoms with E-state index in [1.165, 1.54) is 0 Å². The summed E-state index contributed by atoms with van der Waals surface area (Å²) in [5.74, 6) is -0.901. The van der Waals surface area contributed by atoms with Gasteiger partial charge >= 0.3 is 6.09 Å². The second-order valence-corrected chi connectivity index (χ2v) is 1.81. The summed E-state index contributed by atoms with van der Waals surface area (Å²) in [5, 5.41) is 0. The molecule has 6 heteroatoms. The lowest BCUT2D eigenvalue weighted by atomic mass is 10.2. The number of ether oxygens (including phenoxy) is 1. The average molecular weight is 164 g/mol. The van der Waals surface area contributed by atoms with Crippen LogP contribution in [0.5, 0.6) is 0 Å². The quantitative estimate of drug-likeness (QED) is 0.574. The van der Waals surface area contributed by atoms with Gasteiger partial charge in [-0.3, -0.25) is 9.18 Å². The van der Waals surface area contributed by atoms with Gasteiger partial charge in [-0.15, -0.1) is 0 Å². The van der Waals surface area contributed by atoms with Gasteiger partial charge in [0, 0.05) is 6.42 Å². The van der Waals surface area contributed by atoms with E-state index in [0.29, 0.717) is 0 Å². The standard InChI is InChI=1S/C5H9FN2O3/c6-2-1-3(4(7)9)11-5(8)10/h3H,1-2H2,(H2,7,9)(H2,8,10)/t3-/m0/s1. The molecule has 0 aliphatic carbocycles. The molecule has 0 bridgehead atoms. The molecule has 0 aliphatic heterocycles. The van der Waals surface area contributed by atoms with Crippen LogP contribution in [0.25, 0.3) is 0 Å². The van der Waals surface area contributed by atoms with Crippen LogP contribution in [0.2, 0.25) is 0 Å². The summed E-state index contributed by atoms with van der Waals surface area (Å²) < 4.78 is 15.8. The van der Waals surface area contributed by atoms with E-state index in [1.807, 2.05) is 0 Å². The molecule has 0 unspecified atom stereocenters. The molecule has 0 spiro atoms. The number of hydrogen-bond donors (Lipinski definition) is 2. The molecule has 0 aromatic carbocycles. The Bertz CT molecular complexity index is 162. The molecule has 0 saturated heterocycles. The Morgan fingerprint density at radius 2 is 2.00 bits per heavy atom. The summed E-state index contributed by atoms with van der Waals surface area (Å²) in [5.41, 5.74) is 9.30. The first-order valence-electron chi connectivity index (χ1n) is 2.89. The highest BCUT2D eigenvalue weighted by molar-refractivity contribution is 5.81. The topological polar surface area (TPSA) is 95.4 Å². The van der Waals surface area contributed by atoms with Crippen LogP contribution in [0.3, 0.4) is 0 Å². The van der Waals surface area contributed by atoms with E-state index in [1.54, 1.807) is 0 Å². The van der Waals surface area contributed by atoms with Gasteiger partial charge in [0.15, 0.2) is 6.10 Å². The maximum Gasteiger partial charge on any atom is 0.405 e. The van der Waals surface area contributed by atoms with Crippen LogP contribution in [-0.4, -0.2) is 24.8 Å². The molecule has 0 saturated carbocycles. The van der Waals surface area contributed by atoms with E-state index in [9.17, 15) is 14.0 Å². The number of carbonyl (C=O) groups excluding carboxylic acids is 2. The van der Waals surface area contributed by atoms with Crippen molar-refractivity contribution >= 4 is 12.0 Å². The molecule has 4 N–H and O–H groups in total. The summed E-state index contributed by atoms with van der Waals surface area (Å²) >= 11 is 0. The minimum Gasteiger partial charge on any atom is -0.436 e. The van der Waals surface area contributed by atoms with Gasteiger partial charge in [0.05, 0.1) is 6.67 Å². The molecule has 5 nitrogen and oxygen atoms in total. The zero-order valence-corrected chi connectivity index (χ0v) is 5.75. The summed E-state index contributed by atoms with van der Waals surface area (Å²) in [7, 11) is 0. The second kappa shape index (κ2) is 4.48. The Balaban J connectivity index is 3.89. The molecule has 0 aromatic rings. The van der Waals surface area contributed by atoms with E-state index in [4.69, 9.17) is 5.73 Å². The van der Waals surface area contributed by atoms with Crippen LogP contribution in [0, 0.1) is 0 Å². The number of primary amides is 2. The van der Waals surface area contributed by atoms with Crippen LogP contribution in [0.1, 0.15) is 6.42 Å². The van der Waals surface area contributed by atoms with Crippen molar-refractivity contribution in [2.24, 2.45) is 11.5 Å². The van der Waals surface area contributed by atoms with E-state index < -0.39 is 24.8 Å². The minimum absolute atomic E-state index is 0.252. The van der Waals surface area contributed by atoms with E-state index in [-0.39, 0.29) is 6.42 Å². The number of rotatable bonds is 4. The monoisotopic (exact) mass is 164 g/mol. The SMILES string of the molecule is NC(=O)O[C@@H](CCF)C(N)=O. The van der Waals surface area contributed by atoms with E-state index in [0.717, 1.165) is 0 Å². The fraction of sp³-hybridized carbons (Fsp3) is 0.600. The Morgan fingerprint density at radius 3 is 2.27 bits per heavy atom. The molecule has 0 fully saturated rings. The number of carbonyl (C=O) groups is 2. The maximum absolute atomic E-state index is 11.6. The highest BCUT2D eigenvalue weighted by Crippen LogP contribution is 1.97. The molecule has 64 valence electrons. The first-order valence-corrected chi connectivity index (χ1v) is 2.89. The Kier molecular flexibility index (Phi) is 3.94. The molecule has 0 rings (SSSR count). The van der Waals surface area contributed by atoms with Crippen LogP contribution < -0.4 is 11.5 Å². The fourth-order valence-electron chi connectivity index (χ4n) is 0.499. The van der Waals surface area contributed by atoms with E-state index >= 15 is 0 Å². The maximum atomic E-state index is 11.6. The average Bonchev–Trinajstić information content (AvgIpc) is 1.86. The van der Waals surface area contributed by atoms with Crippen LogP contribution in [0.15, 0.2) is 0 Å². The highest BCUT2D eigenvalue weighted by Gasteiger charge is 2.17. The Morgan fingerprint density at radius 1 is 1.45 bits per heavy atom. The normalized spacial score (nSPS) is 12.1. The molecule has 2 amide bonds. The van der Waals surface area contributed by atoms with Crippen LogP contribution >= 0.6 is 0 Å². The first-order chi connectivity index (χ1) is 5.07. The highest BCUT2D eigenvalue weighted by atomic mass is 19.1. The van der Waals surface area contributed by atoms with Gasteiger partial charge in [0.2, 0.25) is 0 Å². The molecule has 0 aromatic heterocycles. The van der Waals surface area contributed by atoms with Gasteiger partial charge in [0.1, 0.15) is 0 Å². The molecular weight excluding hydrogens is 155 g/mol. The summed E-state index contributed by atoms with van der Waals surface area (Å²) in [6, 6.07) is 0. The predicted molar refractivity (Wildman–Crippen MR) is 34.2 cm³/mol. The smallest absolute Gasteiger partial charge is 0.405 e. The van der Waals surface area contributed by atoms with Crippen molar-refractivity contribution in [1.82, 2.24) is 0 Å². The van der Waals surface area contributed by atoms with Crippen molar-refractivity contribution in [3.05, 3.63) is 0 Å². The minimum atomic E-state index is -1.25. The zero-order valence-electron chi connectivity index (χ0n) is 5.75. The second-order valence-electron chi connectivity index (χ2n) is 1.81. The summed E-state index contributed by atoms with van der Waals surface area (Å²) in [6.07, 6.45) is -2.64. The van der Waals surface area contributed by atoms with Gasteiger partial charge in [0.25, 0.3) is 5.91 Å². The van der Waals surface area contributed by atoms with Gasteiger partial charge in [-0.05, 0) is 0 Å². The van der Waals surface area contributed by atoms with Crippen LogP contribution in [0.4, 0.5) is 9.18 Å². The third-order valence-electron chi connectivity index (χ3n) is 0.947.